The summed E-state index contributed by atoms with van der Waals surface area (Å²) < 4.78 is 5.24. The van der Waals surface area contributed by atoms with Gasteiger partial charge in [-0.3, -0.25) is 4.79 Å². The summed E-state index contributed by atoms with van der Waals surface area (Å²) in [5.74, 6) is 2.10. The number of hydrogen-bond acceptors (Lipinski definition) is 3. The molecule has 0 saturated carbocycles. The van der Waals surface area contributed by atoms with Crippen molar-refractivity contribution >= 4 is 17.5 Å². The summed E-state index contributed by atoms with van der Waals surface area (Å²) in [6, 6.07) is 3.94. The van der Waals surface area contributed by atoms with Crippen LogP contribution in [0.2, 0.25) is 0 Å². The quantitative estimate of drug-likeness (QED) is 0.730. The molecule has 0 aromatic heterocycles. The third-order valence-corrected chi connectivity index (χ3v) is 3.83. The highest BCUT2D eigenvalue weighted by atomic mass is 32.2. The van der Waals surface area contributed by atoms with Crippen LogP contribution < -0.4 is 4.74 Å². The molecule has 15 heavy (non-hydrogen) atoms. The Morgan fingerprint density at radius 1 is 1.40 bits per heavy atom. The number of benzene rings is 1. The van der Waals surface area contributed by atoms with Crippen molar-refractivity contribution in [2.24, 2.45) is 0 Å². The zero-order valence-corrected chi connectivity index (χ0v) is 9.82. The second kappa shape index (κ2) is 4.27. The number of fused-ring (bicyclic) bond motifs is 1. The lowest BCUT2D eigenvalue weighted by Gasteiger charge is -2.11. The summed E-state index contributed by atoms with van der Waals surface area (Å²) in [7, 11) is 1.64. The molecule has 0 radical (unpaired) electrons. The number of ether oxygens (including phenoxy) is 1. The average Bonchev–Trinajstić information content (AvgIpc) is 2.41. The predicted octanol–water partition coefficient (Wildman–Crippen LogP) is 3.07. The first kappa shape index (κ1) is 10.6. The number of carbonyl (C=O) groups excluding carboxylic acids is 1. The highest BCUT2D eigenvalue weighted by molar-refractivity contribution is 7.99. The Labute approximate surface area is 94.0 Å². The van der Waals surface area contributed by atoms with E-state index < -0.39 is 0 Å². The van der Waals surface area contributed by atoms with Gasteiger partial charge in [0.15, 0.2) is 5.78 Å². The topological polar surface area (TPSA) is 26.3 Å². The number of methoxy groups -OCH3 is 1. The molecule has 3 heteroatoms. The first-order chi connectivity index (χ1) is 7.24. The van der Waals surface area contributed by atoms with Crippen LogP contribution in [0.1, 0.15) is 28.8 Å². The molecule has 0 bridgehead atoms. The Morgan fingerprint density at radius 2 is 2.20 bits per heavy atom. The van der Waals surface area contributed by atoms with Crippen molar-refractivity contribution in [2.45, 2.75) is 24.7 Å². The third-order valence-electron chi connectivity index (χ3n) is 2.68. The van der Waals surface area contributed by atoms with Crippen molar-refractivity contribution in [1.29, 1.82) is 0 Å². The van der Waals surface area contributed by atoms with E-state index in [1.54, 1.807) is 18.9 Å². The van der Waals surface area contributed by atoms with Crippen molar-refractivity contribution < 1.29 is 9.53 Å². The van der Waals surface area contributed by atoms with Crippen LogP contribution in [-0.4, -0.2) is 18.6 Å². The van der Waals surface area contributed by atoms with E-state index in [-0.39, 0.29) is 5.78 Å². The number of hydrogen-bond donors (Lipinski definition) is 0. The Balaban J connectivity index is 2.57. The average molecular weight is 222 g/mol. The van der Waals surface area contributed by atoms with Gasteiger partial charge in [0.2, 0.25) is 0 Å². The molecule has 80 valence electrons. The van der Waals surface area contributed by atoms with E-state index in [9.17, 15) is 4.79 Å². The lowest BCUT2D eigenvalue weighted by molar-refractivity contribution is 0.0979. The highest BCUT2D eigenvalue weighted by Crippen LogP contribution is 2.34. The molecule has 1 aliphatic heterocycles. The number of carbonyl (C=O) groups is 1. The molecule has 0 unspecified atom stereocenters. The maximum atomic E-state index is 11.9. The summed E-state index contributed by atoms with van der Waals surface area (Å²) in [5, 5.41) is 0. The van der Waals surface area contributed by atoms with Crippen molar-refractivity contribution in [1.82, 2.24) is 0 Å². The molecule has 0 spiro atoms. The first-order valence-electron chi connectivity index (χ1n) is 5.07. The zero-order chi connectivity index (χ0) is 10.8. The zero-order valence-electron chi connectivity index (χ0n) is 9.00. The molecular formula is C12H14O2S. The van der Waals surface area contributed by atoms with Crippen LogP contribution in [0, 0.1) is 6.92 Å². The highest BCUT2D eigenvalue weighted by Gasteiger charge is 2.20. The van der Waals surface area contributed by atoms with E-state index in [0.29, 0.717) is 6.42 Å². The summed E-state index contributed by atoms with van der Waals surface area (Å²) in [6.45, 7) is 1.96. The molecule has 0 aliphatic carbocycles. The van der Waals surface area contributed by atoms with E-state index in [1.807, 2.05) is 19.1 Å². The first-order valence-corrected chi connectivity index (χ1v) is 6.06. The van der Waals surface area contributed by atoms with Crippen LogP contribution in [0.15, 0.2) is 17.0 Å². The number of rotatable bonds is 1. The van der Waals surface area contributed by atoms with Gasteiger partial charge in [-0.1, -0.05) is 0 Å². The molecule has 0 atom stereocenters. The monoisotopic (exact) mass is 222 g/mol. The molecule has 2 nitrogen and oxygen atoms in total. The largest absolute Gasteiger partial charge is 0.496 e. The van der Waals surface area contributed by atoms with Gasteiger partial charge in [0.25, 0.3) is 0 Å². The molecule has 1 aromatic carbocycles. The van der Waals surface area contributed by atoms with E-state index in [0.717, 1.165) is 33.9 Å². The van der Waals surface area contributed by atoms with Crippen LogP contribution >= 0.6 is 11.8 Å². The molecule has 1 heterocycles. The normalized spacial score (nSPS) is 15.7. The fraction of sp³-hybridized carbons (Fsp3) is 0.417. The maximum Gasteiger partial charge on any atom is 0.164 e. The van der Waals surface area contributed by atoms with Crippen LogP contribution in [0.25, 0.3) is 0 Å². The van der Waals surface area contributed by atoms with Gasteiger partial charge in [-0.2, -0.15) is 0 Å². The minimum absolute atomic E-state index is 0.256. The fourth-order valence-corrected chi connectivity index (χ4v) is 2.98. The lowest BCUT2D eigenvalue weighted by atomic mass is 10.0. The molecule has 0 amide bonds. The Morgan fingerprint density at radius 3 is 2.93 bits per heavy atom. The predicted molar refractivity (Wildman–Crippen MR) is 62.0 cm³/mol. The Bertz CT molecular complexity index is 399. The van der Waals surface area contributed by atoms with Crippen LogP contribution in [0.4, 0.5) is 0 Å². The van der Waals surface area contributed by atoms with Gasteiger partial charge in [-0.05, 0) is 31.2 Å². The van der Waals surface area contributed by atoms with Crippen molar-refractivity contribution in [3.63, 3.8) is 0 Å². The third kappa shape index (κ3) is 1.88. The van der Waals surface area contributed by atoms with Gasteiger partial charge >= 0.3 is 0 Å². The summed E-state index contributed by atoms with van der Waals surface area (Å²) in [4.78, 5) is 13.0. The van der Waals surface area contributed by atoms with Gasteiger partial charge in [0, 0.05) is 22.4 Å². The van der Waals surface area contributed by atoms with Crippen LogP contribution in [0.3, 0.4) is 0 Å². The molecular weight excluding hydrogens is 208 g/mol. The lowest BCUT2D eigenvalue weighted by Crippen LogP contribution is -2.03. The number of ketones is 1. The van der Waals surface area contributed by atoms with Crippen LogP contribution in [-0.2, 0) is 0 Å². The van der Waals surface area contributed by atoms with E-state index in [1.165, 1.54) is 0 Å². The van der Waals surface area contributed by atoms with Gasteiger partial charge < -0.3 is 4.74 Å². The molecule has 0 saturated heterocycles. The van der Waals surface area contributed by atoms with E-state index in [4.69, 9.17) is 4.74 Å². The summed E-state index contributed by atoms with van der Waals surface area (Å²) >= 11 is 1.77. The van der Waals surface area contributed by atoms with Gasteiger partial charge in [0.1, 0.15) is 5.75 Å². The van der Waals surface area contributed by atoms with Gasteiger partial charge in [0.05, 0.1) is 7.11 Å². The summed E-state index contributed by atoms with van der Waals surface area (Å²) in [5.41, 5.74) is 1.85. The SMILES string of the molecule is COc1ccc2c(c1C)C(=O)CCCS2. The molecule has 2 rings (SSSR count). The molecule has 1 aliphatic rings. The standard InChI is InChI=1S/C12H14O2S/c1-8-10(14-2)5-6-11-12(8)9(13)4-3-7-15-11/h5-6H,3-4,7H2,1-2H3. The van der Waals surface area contributed by atoms with E-state index >= 15 is 0 Å². The fourth-order valence-electron chi connectivity index (χ4n) is 1.90. The Kier molecular flexibility index (Phi) is 3.00. The molecule has 0 fully saturated rings. The second-order valence-electron chi connectivity index (χ2n) is 3.64. The molecule has 0 N–H and O–H groups in total. The van der Waals surface area contributed by atoms with Gasteiger partial charge in [-0.15, -0.1) is 11.8 Å². The van der Waals surface area contributed by atoms with Crippen molar-refractivity contribution in [3.8, 4) is 5.75 Å². The minimum Gasteiger partial charge on any atom is -0.496 e. The van der Waals surface area contributed by atoms with Gasteiger partial charge in [-0.25, -0.2) is 0 Å². The smallest absolute Gasteiger partial charge is 0.164 e. The maximum absolute atomic E-state index is 11.9. The number of thioether (sulfide) groups is 1. The molecule has 1 aromatic rings. The van der Waals surface area contributed by atoms with Crippen molar-refractivity contribution in [2.75, 3.05) is 12.9 Å². The van der Waals surface area contributed by atoms with E-state index in [2.05, 4.69) is 0 Å². The van der Waals surface area contributed by atoms with Crippen LogP contribution in [0.5, 0.6) is 5.75 Å². The summed E-state index contributed by atoms with van der Waals surface area (Å²) in [6.07, 6.45) is 1.63. The second-order valence-corrected chi connectivity index (χ2v) is 4.78. The number of Topliss-reactive ketones (excluding diaryl/α,β-unsaturated/α-hetero) is 1. The Hall–Kier alpha value is -0.960. The minimum atomic E-state index is 0.256. The van der Waals surface area contributed by atoms with Crippen molar-refractivity contribution in [3.05, 3.63) is 23.3 Å².